The number of carbonyl (C=O) groups excluding carboxylic acids is 1. The van der Waals surface area contributed by atoms with Crippen molar-refractivity contribution >= 4 is 17.3 Å². The Labute approximate surface area is 101 Å². The standard InChI is InChI=1S/C13H16N2O2/c1-4-17-12-7-5-11(6-8-12)15-13(16)9(2)10(3)14-15/h5-9H,4H2,1-3H3. The molecule has 1 aliphatic rings. The lowest BCUT2D eigenvalue weighted by atomic mass is 10.1. The highest BCUT2D eigenvalue weighted by atomic mass is 16.5. The molecule has 4 nitrogen and oxygen atoms in total. The predicted octanol–water partition coefficient (Wildman–Crippen LogP) is 2.44. The van der Waals surface area contributed by atoms with Crippen molar-refractivity contribution in [2.75, 3.05) is 11.6 Å². The molecule has 0 bridgehead atoms. The van der Waals surface area contributed by atoms with E-state index in [0.29, 0.717) is 6.61 Å². The summed E-state index contributed by atoms with van der Waals surface area (Å²) >= 11 is 0. The number of nitrogens with zero attached hydrogens (tertiary/aromatic N) is 2. The minimum absolute atomic E-state index is 0.0201. The van der Waals surface area contributed by atoms with Crippen molar-refractivity contribution in [1.29, 1.82) is 0 Å². The van der Waals surface area contributed by atoms with Crippen LogP contribution in [0.2, 0.25) is 0 Å². The lowest BCUT2D eigenvalue weighted by Crippen LogP contribution is -2.25. The summed E-state index contributed by atoms with van der Waals surface area (Å²) in [6, 6.07) is 7.38. The molecule has 0 radical (unpaired) electrons. The smallest absolute Gasteiger partial charge is 0.255 e. The molecule has 0 fully saturated rings. The number of anilines is 1. The van der Waals surface area contributed by atoms with Gasteiger partial charge in [0.25, 0.3) is 5.91 Å². The van der Waals surface area contributed by atoms with Gasteiger partial charge in [-0.2, -0.15) is 5.10 Å². The molecule has 2 rings (SSSR count). The lowest BCUT2D eigenvalue weighted by Gasteiger charge is -2.13. The fourth-order valence-corrected chi connectivity index (χ4v) is 1.69. The lowest BCUT2D eigenvalue weighted by molar-refractivity contribution is -0.119. The van der Waals surface area contributed by atoms with Gasteiger partial charge in [-0.1, -0.05) is 0 Å². The summed E-state index contributed by atoms with van der Waals surface area (Å²) in [4.78, 5) is 11.9. The van der Waals surface area contributed by atoms with E-state index in [0.717, 1.165) is 17.1 Å². The molecule has 1 heterocycles. The van der Waals surface area contributed by atoms with Crippen molar-refractivity contribution in [2.45, 2.75) is 20.8 Å². The van der Waals surface area contributed by atoms with E-state index in [1.54, 1.807) is 0 Å². The Hall–Kier alpha value is -1.84. The Morgan fingerprint density at radius 3 is 2.47 bits per heavy atom. The van der Waals surface area contributed by atoms with Crippen molar-refractivity contribution in [3.05, 3.63) is 24.3 Å². The van der Waals surface area contributed by atoms with Gasteiger partial charge in [-0.05, 0) is 45.0 Å². The monoisotopic (exact) mass is 232 g/mol. The van der Waals surface area contributed by atoms with Crippen LogP contribution < -0.4 is 9.75 Å². The van der Waals surface area contributed by atoms with Crippen molar-refractivity contribution < 1.29 is 9.53 Å². The first kappa shape index (κ1) is 11.6. The van der Waals surface area contributed by atoms with Gasteiger partial charge in [0.05, 0.1) is 18.2 Å². The first-order chi connectivity index (χ1) is 8.13. The zero-order chi connectivity index (χ0) is 12.4. The van der Waals surface area contributed by atoms with Crippen molar-refractivity contribution in [1.82, 2.24) is 0 Å². The summed E-state index contributed by atoms with van der Waals surface area (Å²) in [7, 11) is 0. The van der Waals surface area contributed by atoms with E-state index in [1.807, 2.05) is 45.0 Å². The molecule has 0 aliphatic carbocycles. The minimum atomic E-state index is -0.124. The molecule has 17 heavy (non-hydrogen) atoms. The fourth-order valence-electron chi connectivity index (χ4n) is 1.69. The van der Waals surface area contributed by atoms with E-state index >= 15 is 0 Å². The van der Waals surface area contributed by atoms with Crippen LogP contribution in [0.5, 0.6) is 5.75 Å². The Morgan fingerprint density at radius 1 is 1.35 bits per heavy atom. The van der Waals surface area contributed by atoms with Crippen LogP contribution in [0.3, 0.4) is 0 Å². The minimum Gasteiger partial charge on any atom is -0.494 e. The molecular weight excluding hydrogens is 216 g/mol. The maximum Gasteiger partial charge on any atom is 0.255 e. The number of carbonyl (C=O) groups is 1. The van der Waals surface area contributed by atoms with Gasteiger partial charge in [0, 0.05) is 5.71 Å². The molecule has 0 aromatic heterocycles. The second kappa shape index (κ2) is 4.57. The second-order valence-electron chi connectivity index (χ2n) is 4.04. The topological polar surface area (TPSA) is 41.9 Å². The second-order valence-corrected chi connectivity index (χ2v) is 4.04. The molecule has 4 heteroatoms. The molecule has 0 N–H and O–H groups in total. The summed E-state index contributed by atoms with van der Waals surface area (Å²) in [5, 5.41) is 5.71. The van der Waals surface area contributed by atoms with Gasteiger partial charge >= 0.3 is 0 Å². The maximum absolute atomic E-state index is 11.9. The summed E-state index contributed by atoms with van der Waals surface area (Å²) in [5.41, 5.74) is 1.63. The zero-order valence-corrected chi connectivity index (χ0v) is 10.3. The van der Waals surface area contributed by atoms with E-state index in [2.05, 4.69) is 5.10 Å². The molecule has 90 valence electrons. The highest BCUT2D eigenvalue weighted by molar-refractivity contribution is 6.14. The molecule has 1 unspecified atom stereocenters. The van der Waals surface area contributed by atoms with E-state index in [-0.39, 0.29) is 11.8 Å². The summed E-state index contributed by atoms with van der Waals surface area (Å²) < 4.78 is 5.35. The molecule has 1 aromatic carbocycles. The number of hydrazone groups is 1. The van der Waals surface area contributed by atoms with Gasteiger partial charge in [0.2, 0.25) is 0 Å². The third kappa shape index (κ3) is 2.16. The van der Waals surface area contributed by atoms with E-state index in [4.69, 9.17) is 4.74 Å². The maximum atomic E-state index is 11.9. The molecular formula is C13H16N2O2. The van der Waals surface area contributed by atoms with Gasteiger partial charge in [0.1, 0.15) is 5.75 Å². The SMILES string of the molecule is CCOc1ccc(N2N=C(C)C(C)C2=O)cc1. The van der Waals surface area contributed by atoms with Crippen LogP contribution >= 0.6 is 0 Å². The van der Waals surface area contributed by atoms with Crippen LogP contribution in [-0.2, 0) is 4.79 Å². The highest BCUT2D eigenvalue weighted by Crippen LogP contribution is 2.25. The highest BCUT2D eigenvalue weighted by Gasteiger charge is 2.30. The number of hydrogen-bond donors (Lipinski definition) is 0. The molecule has 0 saturated heterocycles. The Morgan fingerprint density at radius 2 is 2.00 bits per heavy atom. The van der Waals surface area contributed by atoms with Crippen LogP contribution in [0.1, 0.15) is 20.8 Å². The van der Waals surface area contributed by atoms with Crippen molar-refractivity contribution in [3.8, 4) is 5.75 Å². The molecule has 1 aromatic rings. The average Bonchev–Trinajstić information content (AvgIpc) is 2.59. The quantitative estimate of drug-likeness (QED) is 0.803. The molecule has 0 saturated carbocycles. The zero-order valence-electron chi connectivity index (χ0n) is 10.3. The van der Waals surface area contributed by atoms with Crippen LogP contribution in [0.15, 0.2) is 29.4 Å². The van der Waals surface area contributed by atoms with Gasteiger partial charge in [-0.25, -0.2) is 5.01 Å². The molecule has 1 atom stereocenters. The van der Waals surface area contributed by atoms with Crippen LogP contribution in [0, 0.1) is 5.92 Å². The Balaban J connectivity index is 2.21. The summed E-state index contributed by atoms with van der Waals surface area (Å²) in [6.45, 7) is 6.32. The van der Waals surface area contributed by atoms with E-state index in [1.165, 1.54) is 5.01 Å². The largest absolute Gasteiger partial charge is 0.494 e. The normalized spacial score (nSPS) is 19.5. The number of hydrogen-bond acceptors (Lipinski definition) is 3. The average molecular weight is 232 g/mol. The number of ether oxygens (including phenoxy) is 1. The number of rotatable bonds is 3. The summed E-state index contributed by atoms with van der Waals surface area (Å²) in [6.07, 6.45) is 0. The Kier molecular flexibility index (Phi) is 3.13. The third-order valence-corrected chi connectivity index (χ3v) is 2.86. The van der Waals surface area contributed by atoms with Crippen LogP contribution in [0.25, 0.3) is 0 Å². The fraction of sp³-hybridized carbons (Fsp3) is 0.385. The van der Waals surface area contributed by atoms with Crippen molar-refractivity contribution in [2.24, 2.45) is 11.0 Å². The van der Waals surface area contributed by atoms with E-state index < -0.39 is 0 Å². The molecule has 1 amide bonds. The van der Waals surface area contributed by atoms with Crippen LogP contribution in [-0.4, -0.2) is 18.2 Å². The predicted molar refractivity (Wildman–Crippen MR) is 67.4 cm³/mol. The van der Waals surface area contributed by atoms with Crippen molar-refractivity contribution in [3.63, 3.8) is 0 Å². The number of amides is 1. The molecule has 0 spiro atoms. The van der Waals surface area contributed by atoms with Gasteiger partial charge in [-0.3, -0.25) is 4.79 Å². The summed E-state index contributed by atoms with van der Waals surface area (Å²) in [5.74, 6) is 0.699. The van der Waals surface area contributed by atoms with Gasteiger partial charge in [-0.15, -0.1) is 0 Å². The molecule has 1 aliphatic heterocycles. The van der Waals surface area contributed by atoms with E-state index in [9.17, 15) is 4.79 Å². The van der Waals surface area contributed by atoms with Gasteiger partial charge < -0.3 is 4.74 Å². The number of benzene rings is 1. The third-order valence-electron chi connectivity index (χ3n) is 2.86. The first-order valence-corrected chi connectivity index (χ1v) is 5.75. The Bertz CT molecular complexity index is 451. The van der Waals surface area contributed by atoms with Gasteiger partial charge in [0.15, 0.2) is 0 Å². The first-order valence-electron chi connectivity index (χ1n) is 5.75. The van der Waals surface area contributed by atoms with Crippen LogP contribution in [0.4, 0.5) is 5.69 Å².